The molecule has 0 unspecified atom stereocenters. The minimum absolute atomic E-state index is 0.106. The SMILES string of the molecule is O=C(Cl)OC1=CC=C([N+](=O)[O-])CC1. The van der Waals surface area contributed by atoms with Gasteiger partial charge < -0.3 is 4.74 Å². The average Bonchev–Trinajstić information content (AvgIpc) is 2.04. The molecule has 6 heteroatoms. The van der Waals surface area contributed by atoms with Crippen molar-refractivity contribution in [2.24, 2.45) is 0 Å². The minimum atomic E-state index is -0.927. The molecule has 1 aliphatic carbocycles. The molecule has 13 heavy (non-hydrogen) atoms. The number of hydrogen-bond acceptors (Lipinski definition) is 4. The summed E-state index contributed by atoms with van der Waals surface area (Å²) in [4.78, 5) is 20.1. The first kappa shape index (κ1) is 9.73. The van der Waals surface area contributed by atoms with Crippen LogP contribution in [0.2, 0.25) is 0 Å². The standard InChI is InChI=1S/C7H6ClNO4/c8-7(10)13-6-3-1-5(2-4-6)9(11)12/h1,3H,2,4H2. The van der Waals surface area contributed by atoms with Crippen molar-refractivity contribution < 1.29 is 14.5 Å². The highest BCUT2D eigenvalue weighted by Crippen LogP contribution is 2.19. The molecule has 0 amide bonds. The Balaban J connectivity index is 2.65. The highest BCUT2D eigenvalue weighted by molar-refractivity contribution is 6.61. The maximum absolute atomic E-state index is 10.3. The van der Waals surface area contributed by atoms with Gasteiger partial charge in [-0.05, 0) is 6.08 Å². The van der Waals surface area contributed by atoms with E-state index in [4.69, 9.17) is 11.6 Å². The van der Waals surface area contributed by atoms with Gasteiger partial charge in [0, 0.05) is 30.5 Å². The van der Waals surface area contributed by atoms with Gasteiger partial charge in [-0.15, -0.1) is 0 Å². The molecule has 0 atom stereocenters. The summed E-state index contributed by atoms with van der Waals surface area (Å²) in [5.74, 6) is 0.352. The first-order valence-electron chi connectivity index (χ1n) is 3.51. The lowest BCUT2D eigenvalue weighted by Crippen LogP contribution is -2.05. The van der Waals surface area contributed by atoms with Crippen LogP contribution in [0.4, 0.5) is 4.79 Å². The van der Waals surface area contributed by atoms with Crippen molar-refractivity contribution in [1.29, 1.82) is 0 Å². The van der Waals surface area contributed by atoms with E-state index in [2.05, 4.69) is 4.74 Å². The predicted octanol–water partition coefficient (Wildman–Crippen LogP) is 2.20. The average molecular weight is 204 g/mol. The van der Waals surface area contributed by atoms with Gasteiger partial charge in [-0.25, -0.2) is 4.79 Å². The summed E-state index contributed by atoms with van der Waals surface area (Å²) in [6.07, 6.45) is 3.26. The number of nitrogens with zero attached hydrogens (tertiary/aromatic N) is 1. The molecule has 0 saturated carbocycles. The number of nitro groups is 1. The van der Waals surface area contributed by atoms with Gasteiger partial charge in [-0.2, -0.15) is 0 Å². The second-order valence-electron chi connectivity index (χ2n) is 2.39. The number of carbonyl (C=O) groups excluding carboxylic acids is 1. The fourth-order valence-electron chi connectivity index (χ4n) is 0.947. The van der Waals surface area contributed by atoms with Gasteiger partial charge in [0.1, 0.15) is 5.76 Å². The van der Waals surface area contributed by atoms with Crippen molar-refractivity contribution >= 4 is 17.0 Å². The number of ether oxygens (including phenoxy) is 1. The molecule has 0 fully saturated rings. The molecule has 1 rings (SSSR count). The molecule has 5 nitrogen and oxygen atoms in total. The van der Waals surface area contributed by atoms with Gasteiger partial charge in [0.05, 0.1) is 4.92 Å². The van der Waals surface area contributed by atoms with Crippen LogP contribution in [0.3, 0.4) is 0 Å². The van der Waals surface area contributed by atoms with Crippen molar-refractivity contribution in [3.05, 3.63) is 33.7 Å². The van der Waals surface area contributed by atoms with Crippen LogP contribution in [0.5, 0.6) is 0 Å². The Morgan fingerprint density at radius 2 is 2.23 bits per heavy atom. The first-order chi connectivity index (χ1) is 6.09. The monoisotopic (exact) mass is 203 g/mol. The van der Waals surface area contributed by atoms with Gasteiger partial charge >= 0.3 is 5.43 Å². The smallest absolute Gasteiger partial charge is 0.408 e. The number of hydrogen-bond donors (Lipinski definition) is 0. The normalized spacial score (nSPS) is 15.8. The predicted molar refractivity (Wildman–Crippen MR) is 44.7 cm³/mol. The number of allylic oxidation sites excluding steroid dienone is 4. The van der Waals surface area contributed by atoms with E-state index < -0.39 is 10.4 Å². The molecule has 0 aromatic heterocycles. The quantitative estimate of drug-likeness (QED) is 0.392. The first-order valence-corrected chi connectivity index (χ1v) is 3.89. The molecule has 0 N–H and O–H groups in total. The highest BCUT2D eigenvalue weighted by Gasteiger charge is 2.16. The molecule has 0 spiro atoms. The van der Waals surface area contributed by atoms with Crippen LogP contribution in [0, 0.1) is 10.1 Å². The molecule has 0 bridgehead atoms. The van der Waals surface area contributed by atoms with Crippen LogP contribution in [-0.2, 0) is 4.74 Å². The Morgan fingerprint density at radius 3 is 2.62 bits per heavy atom. The Kier molecular flexibility index (Phi) is 3.02. The van der Waals surface area contributed by atoms with E-state index in [-0.39, 0.29) is 12.1 Å². The topological polar surface area (TPSA) is 69.4 Å². The van der Waals surface area contributed by atoms with Crippen LogP contribution >= 0.6 is 11.6 Å². The van der Waals surface area contributed by atoms with E-state index in [1.807, 2.05) is 0 Å². The Bertz CT molecular complexity index is 308. The molecule has 70 valence electrons. The van der Waals surface area contributed by atoms with Gasteiger partial charge in [0.2, 0.25) is 5.70 Å². The summed E-state index contributed by atoms with van der Waals surface area (Å²) in [6.45, 7) is 0. The second kappa shape index (κ2) is 4.04. The van der Waals surface area contributed by atoms with Gasteiger partial charge in [-0.3, -0.25) is 10.1 Å². The van der Waals surface area contributed by atoms with Crippen molar-refractivity contribution in [3.8, 4) is 0 Å². The molecule has 0 heterocycles. The van der Waals surface area contributed by atoms with Gasteiger partial charge in [0.15, 0.2) is 0 Å². The van der Waals surface area contributed by atoms with E-state index in [1.54, 1.807) is 0 Å². The zero-order chi connectivity index (χ0) is 9.84. The maximum Gasteiger partial charge on any atom is 0.408 e. The summed E-state index contributed by atoms with van der Waals surface area (Å²) in [6, 6.07) is 0. The van der Waals surface area contributed by atoms with E-state index in [9.17, 15) is 14.9 Å². The zero-order valence-corrected chi connectivity index (χ0v) is 7.28. The Hall–Kier alpha value is -1.36. The third-order valence-corrected chi connectivity index (χ3v) is 1.61. The van der Waals surface area contributed by atoms with E-state index >= 15 is 0 Å². The summed E-state index contributed by atoms with van der Waals surface area (Å²) in [5.41, 5.74) is -0.821. The van der Waals surface area contributed by atoms with Gasteiger partial charge in [0.25, 0.3) is 0 Å². The highest BCUT2D eigenvalue weighted by atomic mass is 35.5. The molecular formula is C7H6ClNO4. The van der Waals surface area contributed by atoms with E-state index in [1.165, 1.54) is 12.2 Å². The largest absolute Gasteiger partial charge is 0.419 e. The van der Waals surface area contributed by atoms with Gasteiger partial charge in [-0.1, -0.05) is 0 Å². The molecule has 0 aromatic carbocycles. The van der Waals surface area contributed by atoms with Crippen LogP contribution < -0.4 is 0 Å². The molecule has 1 aliphatic rings. The van der Waals surface area contributed by atoms with Crippen LogP contribution in [0.25, 0.3) is 0 Å². The third kappa shape index (κ3) is 2.87. The lowest BCUT2D eigenvalue weighted by molar-refractivity contribution is -0.428. The summed E-state index contributed by atoms with van der Waals surface area (Å²) in [5, 5.41) is 10.3. The Morgan fingerprint density at radius 1 is 1.54 bits per heavy atom. The number of halogens is 1. The lowest BCUT2D eigenvalue weighted by atomic mass is 10.1. The summed E-state index contributed by atoms with van der Waals surface area (Å²) < 4.78 is 4.54. The molecule has 0 aromatic rings. The zero-order valence-electron chi connectivity index (χ0n) is 6.53. The van der Waals surface area contributed by atoms with Crippen molar-refractivity contribution in [2.75, 3.05) is 0 Å². The minimum Gasteiger partial charge on any atom is -0.419 e. The van der Waals surface area contributed by atoms with E-state index in [0.717, 1.165) is 0 Å². The molecule has 0 radical (unpaired) electrons. The van der Waals surface area contributed by atoms with Crippen molar-refractivity contribution in [3.63, 3.8) is 0 Å². The summed E-state index contributed by atoms with van der Waals surface area (Å²) >= 11 is 4.95. The van der Waals surface area contributed by atoms with Crippen molar-refractivity contribution in [2.45, 2.75) is 12.8 Å². The van der Waals surface area contributed by atoms with Crippen LogP contribution in [-0.4, -0.2) is 10.4 Å². The van der Waals surface area contributed by atoms with Crippen LogP contribution in [0.1, 0.15) is 12.8 Å². The number of rotatable bonds is 2. The molecular weight excluding hydrogens is 198 g/mol. The number of carbonyl (C=O) groups is 1. The maximum atomic E-state index is 10.3. The third-order valence-electron chi connectivity index (χ3n) is 1.53. The summed E-state index contributed by atoms with van der Waals surface area (Å²) in [7, 11) is 0. The van der Waals surface area contributed by atoms with Crippen LogP contribution in [0.15, 0.2) is 23.6 Å². The molecule has 0 saturated heterocycles. The lowest BCUT2D eigenvalue weighted by Gasteiger charge is -2.07. The van der Waals surface area contributed by atoms with E-state index in [0.29, 0.717) is 12.2 Å². The van der Waals surface area contributed by atoms with Crippen molar-refractivity contribution in [1.82, 2.24) is 0 Å². The fourth-order valence-corrected chi connectivity index (χ4v) is 1.05. The second-order valence-corrected chi connectivity index (χ2v) is 2.70. The molecule has 0 aliphatic heterocycles. The fraction of sp³-hybridized carbons (Fsp3) is 0.286. The Labute approximate surface area is 78.8 Å².